The number of carbonyl (C=O) groups excluding carboxylic acids is 1. The number of rotatable bonds is 10. The second kappa shape index (κ2) is 15.3. The number of amides is 1. The maximum atomic E-state index is 12.2. The van der Waals surface area contributed by atoms with E-state index >= 15 is 0 Å². The lowest BCUT2D eigenvalue weighted by Crippen LogP contribution is -2.31. The molecule has 0 saturated carbocycles. The Kier molecular flexibility index (Phi) is 13.9. The highest BCUT2D eigenvalue weighted by Gasteiger charge is 2.14. The molecule has 164 valence electrons. The van der Waals surface area contributed by atoms with Gasteiger partial charge in [0.15, 0.2) is 5.75 Å². The quantitative estimate of drug-likeness (QED) is 0.445. The number of pyridine rings is 1. The summed E-state index contributed by atoms with van der Waals surface area (Å²) in [5, 5.41) is 14.8. The van der Waals surface area contributed by atoms with Crippen molar-refractivity contribution in [3.8, 4) is 5.75 Å². The van der Waals surface area contributed by atoms with Crippen LogP contribution >= 0.6 is 0 Å². The molecule has 2 N–H and O–H groups in total. The summed E-state index contributed by atoms with van der Waals surface area (Å²) in [5.41, 5.74) is 0.777. The van der Waals surface area contributed by atoms with Crippen LogP contribution in [0.1, 0.15) is 51.1 Å². The predicted octanol–water partition coefficient (Wildman–Crippen LogP) is 3.09. The van der Waals surface area contributed by atoms with Gasteiger partial charge in [-0.2, -0.15) is 0 Å². The minimum absolute atomic E-state index is 0.313. The van der Waals surface area contributed by atoms with Gasteiger partial charge in [0.05, 0.1) is 5.69 Å². The van der Waals surface area contributed by atoms with Gasteiger partial charge in [-0.05, 0) is 32.6 Å². The summed E-state index contributed by atoms with van der Waals surface area (Å²) in [6.45, 7) is 3.59. The molecule has 1 heterocycles. The van der Waals surface area contributed by atoms with Crippen LogP contribution in [0.4, 0.5) is 4.79 Å². The zero-order valence-electron chi connectivity index (χ0n) is 17.8. The van der Waals surface area contributed by atoms with Gasteiger partial charge in [-0.25, -0.2) is 14.4 Å². The molecule has 1 rings (SSSR count). The van der Waals surface area contributed by atoms with Crippen LogP contribution in [0, 0.1) is 0 Å². The lowest BCUT2D eigenvalue weighted by molar-refractivity contribution is -0.159. The maximum absolute atomic E-state index is 12.2. The summed E-state index contributed by atoms with van der Waals surface area (Å²) in [6.07, 6.45) is 8.67. The molecule has 0 saturated heterocycles. The Balaban J connectivity index is 0.00000113. The van der Waals surface area contributed by atoms with Crippen molar-refractivity contribution >= 4 is 18.0 Å². The number of aromatic nitrogens is 1. The lowest BCUT2D eigenvalue weighted by Gasteiger charge is -2.18. The van der Waals surface area contributed by atoms with Crippen LogP contribution < -0.4 is 4.74 Å². The number of hydrogen-bond acceptors (Lipinski definition) is 6. The van der Waals surface area contributed by atoms with Crippen LogP contribution in [0.15, 0.2) is 18.3 Å². The van der Waals surface area contributed by atoms with Gasteiger partial charge in [0.25, 0.3) is 0 Å². The third-order valence-electron chi connectivity index (χ3n) is 3.85. The van der Waals surface area contributed by atoms with Gasteiger partial charge in [-0.1, -0.05) is 39.0 Å². The fourth-order valence-corrected chi connectivity index (χ4v) is 2.33. The number of aliphatic carboxylic acids is 2. The van der Waals surface area contributed by atoms with E-state index in [1.807, 2.05) is 19.0 Å². The Morgan fingerprint density at radius 1 is 1.00 bits per heavy atom. The van der Waals surface area contributed by atoms with Crippen molar-refractivity contribution in [2.24, 2.45) is 0 Å². The first-order valence-corrected chi connectivity index (χ1v) is 9.66. The van der Waals surface area contributed by atoms with Crippen LogP contribution in [0.25, 0.3) is 0 Å². The molecule has 0 aliphatic carbocycles. The third-order valence-corrected chi connectivity index (χ3v) is 3.85. The minimum Gasteiger partial charge on any atom is -0.473 e. The number of carbonyl (C=O) groups is 3. The van der Waals surface area contributed by atoms with E-state index in [1.165, 1.54) is 25.7 Å². The predicted molar refractivity (Wildman–Crippen MR) is 109 cm³/mol. The largest absolute Gasteiger partial charge is 0.473 e. The van der Waals surface area contributed by atoms with E-state index in [2.05, 4.69) is 11.9 Å². The number of unbranched alkanes of at least 4 members (excludes halogenated alkanes) is 5. The molecule has 0 unspecified atom stereocenters. The van der Waals surface area contributed by atoms with Crippen molar-refractivity contribution < 1.29 is 29.3 Å². The zero-order chi connectivity index (χ0) is 22.2. The normalized spacial score (nSPS) is 10.1. The smallest absolute Gasteiger partial charge is 0.415 e. The van der Waals surface area contributed by atoms with Crippen LogP contribution in [0.5, 0.6) is 5.75 Å². The molecule has 0 aliphatic rings. The summed E-state index contributed by atoms with van der Waals surface area (Å²) in [6, 6.07) is 3.58. The minimum atomic E-state index is -1.82. The van der Waals surface area contributed by atoms with Gasteiger partial charge in [-0.15, -0.1) is 0 Å². The molecule has 0 fully saturated rings. The molecule has 1 aromatic heterocycles. The molecule has 29 heavy (non-hydrogen) atoms. The van der Waals surface area contributed by atoms with Crippen molar-refractivity contribution in [1.82, 2.24) is 14.8 Å². The van der Waals surface area contributed by atoms with Crippen molar-refractivity contribution in [1.29, 1.82) is 0 Å². The van der Waals surface area contributed by atoms with Crippen LogP contribution in [-0.2, 0) is 16.1 Å². The summed E-state index contributed by atoms with van der Waals surface area (Å²) in [7, 11) is 5.71. The Morgan fingerprint density at radius 3 is 2.14 bits per heavy atom. The number of ether oxygens (including phenoxy) is 1. The fourth-order valence-electron chi connectivity index (χ4n) is 2.33. The highest BCUT2D eigenvalue weighted by molar-refractivity contribution is 6.27. The van der Waals surface area contributed by atoms with E-state index < -0.39 is 11.9 Å². The Bertz CT molecular complexity index is 624. The topological polar surface area (TPSA) is 120 Å². The SMILES string of the molecule is CCCCCCCCN(C)C(=O)Oc1cccnc1CN(C)C.O=C(O)C(=O)O. The number of carboxylic acids is 2. The molecule has 9 heteroatoms. The maximum Gasteiger partial charge on any atom is 0.415 e. The zero-order valence-corrected chi connectivity index (χ0v) is 17.8. The van der Waals surface area contributed by atoms with Crippen molar-refractivity contribution in [3.05, 3.63) is 24.0 Å². The average Bonchev–Trinajstić information content (AvgIpc) is 2.65. The summed E-state index contributed by atoms with van der Waals surface area (Å²) in [4.78, 5) is 38.3. The number of carboxylic acid groups (broad SMARTS) is 2. The molecule has 0 spiro atoms. The highest BCUT2D eigenvalue weighted by Crippen LogP contribution is 2.17. The van der Waals surface area contributed by atoms with E-state index in [9.17, 15) is 4.79 Å². The van der Waals surface area contributed by atoms with Crippen molar-refractivity contribution in [2.45, 2.75) is 52.0 Å². The van der Waals surface area contributed by atoms with E-state index in [0.717, 1.165) is 25.1 Å². The highest BCUT2D eigenvalue weighted by atomic mass is 16.6. The van der Waals surface area contributed by atoms with Crippen LogP contribution in [0.2, 0.25) is 0 Å². The molecule has 1 aromatic rings. The monoisotopic (exact) mass is 411 g/mol. The first-order valence-electron chi connectivity index (χ1n) is 9.66. The molecule has 0 radical (unpaired) electrons. The van der Waals surface area contributed by atoms with Crippen LogP contribution in [-0.4, -0.2) is 70.7 Å². The molecule has 0 atom stereocenters. The molecule has 0 aromatic carbocycles. The van der Waals surface area contributed by atoms with Gasteiger partial charge < -0.3 is 24.7 Å². The van der Waals surface area contributed by atoms with Crippen LogP contribution in [0.3, 0.4) is 0 Å². The molecule has 0 bridgehead atoms. The van der Waals surface area contributed by atoms with Gasteiger partial charge >= 0.3 is 18.0 Å². The summed E-state index contributed by atoms with van der Waals surface area (Å²) >= 11 is 0. The average molecular weight is 411 g/mol. The Hall–Kier alpha value is -2.68. The fraction of sp³-hybridized carbons (Fsp3) is 0.600. The summed E-state index contributed by atoms with van der Waals surface area (Å²) in [5.74, 6) is -3.11. The van der Waals surface area contributed by atoms with Crippen molar-refractivity contribution in [3.63, 3.8) is 0 Å². The Morgan fingerprint density at radius 2 is 1.59 bits per heavy atom. The Labute approximate surface area is 172 Å². The third kappa shape index (κ3) is 13.2. The van der Waals surface area contributed by atoms with Crippen molar-refractivity contribution in [2.75, 3.05) is 27.7 Å². The lowest BCUT2D eigenvalue weighted by atomic mass is 10.1. The van der Waals surface area contributed by atoms with Gasteiger partial charge in [0, 0.05) is 26.3 Å². The van der Waals surface area contributed by atoms with E-state index in [0.29, 0.717) is 12.3 Å². The standard InChI is InChI=1S/C18H31N3O2.C2H2O4/c1-5-6-7-8-9-10-14-21(4)18(22)23-17-12-11-13-19-16(17)15-20(2)3;3-1(4)2(5)6/h11-13H,5-10,14-15H2,1-4H3;(H,3,4)(H,5,6). The summed E-state index contributed by atoms with van der Waals surface area (Å²) < 4.78 is 5.50. The van der Waals surface area contributed by atoms with Gasteiger partial charge in [0.2, 0.25) is 0 Å². The molecular weight excluding hydrogens is 378 g/mol. The molecule has 9 nitrogen and oxygen atoms in total. The van der Waals surface area contributed by atoms with Gasteiger partial charge in [0.1, 0.15) is 0 Å². The van der Waals surface area contributed by atoms with E-state index in [1.54, 1.807) is 30.3 Å². The molecule has 1 amide bonds. The van der Waals surface area contributed by atoms with E-state index in [4.69, 9.17) is 24.5 Å². The second-order valence-corrected chi connectivity index (χ2v) is 6.85. The first-order chi connectivity index (χ1) is 13.7. The number of hydrogen-bond donors (Lipinski definition) is 2. The first kappa shape index (κ1) is 26.3. The molecule has 0 aliphatic heterocycles. The van der Waals surface area contributed by atoms with Gasteiger partial charge in [-0.3, -0.25) is 4.98 Å². The number of nitrogens with zero attached hydrogens (tertiary/aromatic N) is 3. The molecular formula is C20H33N3O6. The second-order valence-electron chi connectivity index (χ2n) is 6.85. The van der Waals surface area contributed by atoms with E-state index in [-0.39, 0.29) is 6.09 Å².